The normalized spacial score (nSPS) is 19.0. The van der Waals surface area contributed by atoms with Crippen LogP contribution in [0.4, 0.5) is 13.2 Å². The van der Waals surface area contributed by atoms with Crippen molar-refractivity contribution in [3.8, 4) is 5.75 Å². The minimum atomic E-state index is -4.78. The van der Waals surface area contributed by atoms with Gasteiger partial charge in [0.25, 0.3) is 5.91 Å². The highest BCUT2D eigenvalue weighted by Gasteiger charge is 2.54. The number of rotatable bonds is 9. The van der Waals surface area contributed by atoms with E-state index in [1.165, 1.54) is 51.5 Å². The molecule has 11 heteroatoms. The number of nitrogens with zero attached hydrogens (tertiary/aromatic N) is 1. The molecule has 1 N–H and O–H groups in total. The van der Waals surface area contributed by atoms with Gasteiger partial charge in [0, 0.05) is 41.9 Å². The highest BCUT2D eigenvalue weighted by Crippen LogP contribution is 2.37. The Kier molecular flexibility index (Phi) is 8.46. The average Bonchev–Trinajstić information content (AvgIpc) is 2.96. The number of carbonyl (C=O) groups excluding carboxylic acids is 3. The molecular weight excluding hydrogens is 541 g/mol. The van der Waals surface area contributed by atoms with E-state index in [0.29, 0.717) is 11.1 Å². The second-order valence-corrected chi connectivity index (χ2v) is 9.40. The second-order valence-electron chi connectivity index (χ2n) is 9.40. The molecule has 1 aromatic heterocycles. The Hall–Kier alpha value is -4.67. The Morgan fingerprint density at radius 2 is 1.78 bits per heavy atom. The van der Waals surface area contributed by atoms with Gasteiger partial charge in [-0.05, 0) is 36.8 Å². The molecule has 1 amide bonds. The first kappa shape index (κ1) is 29.3. The van der Waals surface area contributed by atoms with Gasteiger partial charge in [0.1, 0.15) is 12.4 Å². The van der Waals surface area contributed by atoms with Gasteiger partial charge >= 0.3 is 6.18 Å². The number of halogens is 3. The molecule has 2 aromatic rings. The quantitative estimate of drug-likeness (QED) is 0.437. The van der Waals surface area contributed by atoms with Gasteiger partial charge in [-0.1, -0.05) is 30.4 Å². The van der Waals surface area contributed by atoms with Crippen LogP contribution in [0, 0.1) is 0 Å². The molecule has 0 aliphatic heterocycles. The van der Waals surface area contributed by atoms with Crippen molar-refractivity contribution in [2.45, 2.75) is 38.1 Å². The first-order valence-electron chi connectivity index (χ1n) is 12.5. The number of ketones is 2. The average molecular weight is 569 g/mol. The fourth-order valence-electron chi connectivity index (χ4n) is 4.51. The van der Waals surface area contributed by atoms with Gasteiger partial charge in [-0.2, -0.15) is 13.2 Å². The van der Waals surface area contributed by atoms with E-state index in [1.807, 2.05) is 0 Å². The van der Waals surface area contributed by atoms with Gasteiger partial charge in [0.2, 0.25) is 23.1 Å². The molecule has 1 atom stereocenters. The van der Waals surface area contributed by atoms with Crippen molar-refractivity contribution < 1.29 is 41.8 Å². The second kappa shape index (κ2) is 11.8. The van der Waals surface area contributed by atoms with Crippen molar-refractivity contribution in [1.29, 1.82) is 0 Å². The zero-order valence-electron chi connectivity index (χ0n) is 22.5. The lowest BCUT2D eigenvalue weighted by Gasteiger charge is -2.34. The lowest BCUT2D eigenvalue weighted by Crippen LogP contribution is -2.57. The number of aromatic nitrogens is 1. The van der Waals surface area contributed by atoms with Crippen LogP contribution in [0.3, 0.4) is 0 Å². The van der Waals surface area contributed by atoms with Gasteiger partial charge in [-0.15, -0.1) is 0 Å². The summed E-state index contributed by atoms with van der Waals surface area (Å²) in [4.78, 5) is 43.4. The molecule has 1 unspecified atom stereocenters. The topological polar surface area (TPSA) is 104 Å². The molecule has 0 spiro atoms. The number of Topliss-reactive ketones (excluding diaryl/α,β-unsaturated/α-hetero) is 2. The number of allylic oxidation sites excluding steroid dienone is 4. The van der Waals surface area contributed by atoms with E-state index in [-0.39, 0.29) is 47.0 Å². The van der Waals surface area contributed by atoms with Crippen molar-refractivity contribution in [3.05, 3.63) is 106 Å². The number of amides is 1. The van der Waals surface area contributed by atoms with E-state index in [2.05, 4.69) is 10.3 Å². The molecule has 0 radical (unpaired) electrons. The molecule has 0 fully saturated rings. The van der Waals surface area contributed by atoms with E-state index in [1.54, 1.807) is 30.6 Å². The lowest BCUT2D eigenvalue weighted by atomic mass is 9.88. The number of ether oxygens (including phenoxy) is 3. The molecule has 2 aliphatic carbocycles. The molecule has 1 heterocycles. The molecule has 0 bridgehead atoms. The Balaban J connectivity index is 1.71. The molecule has 214 valence electrons. The van der Waals surface area contributed by atoms with Crippen LogP contribution >= 0.6 is 0 Å². The largest absolute Gasteiger partial charge is 0.489 e. The summed E-state index contributed by atoms with van der Waals surface area (Å²) < 4.78 is 58.4. The Bertz CT molecular complexity index is 1490. The lowest BCUT2D eigenvalue weighted by molar-refractivity contribution is -0.178. The van der Waals surface area contributed by atoms with Crippen LogP contribution in [0.15, 0.2) is 89.7 Å². The maximum Gasteiger partial charge on any atom is 0.415 e. The zero-order chi connectivity index (χ0) is 29.8. The number of benzene rings is 1. The monoisotopic (exact) mass is 568 g/mol. The van der Waals surface area contributed by atoms with Crippen LogP contribution in [-0.4, -0.2) is 48.4 Å². The van der Waals surface area contributed by atoms with Crippen LogP contribution in [0.25, 0.3) is 0 Å². The number of pyridine rings is 1. The fraction of sp³-hybridized carbons (Fsp3) is 0.267. The van der Waals surface area contributed by atoms with Gasteiger partial charge in [0.05, 0.1) is 19.8 Å². The first-order valence-corrected chi connectivity index (χ1v) is 12.5. The molecule has 1 aromatic carbocycles. The molecule has 2 aliphatic rings. The van der Waals surface area contributed by atoms with Crippen molar-refractivity contribution in [1.82, 2.24) is 10.3 Å². The zero-order valence-corrected chi connectivity index (χ0v) is 22.5. The summed E-state index contributed by atoms with van der Waals surface area (Å²) in [5.41, 5.74) is -1.49. The summed E-state index contributed by atoms with van der Waals surface area (Å²) in [7, 11) is 2.48. The van der Waals surface area contributed by atoms with Crippen LogP contribution in [0.1, 0.15) is 34.8 Å². The summed E-state index contributed by atoms with van der Waals surface area (Å²) in [6.45, 7) is 1.47. The maximum absolute atomic E-state index is 14.1. The van der Waals surface area contributed by atoms with E-state index in [4.69, 9.17) is 14.2 Å². The summed E-state index contributed by atoms with van der Waals surface area (Å²) >= 11 is 0. The fourth-order valence-corrected chi connectivity index (χ4v) is 4.51. The standard InChI is InChI=1S/C30H27F3N2O6/c1-18-21(25(37)27(40-3)26(39-2)24(18)36)14-19-9-10-23(41-17-20-8-7-13-34-16-20)22(15-19)28(38)35-29(30(31,32)33)11-5-4-6-12-29/h4-11,13,15-16H,12,14,17H2,1-3H3,(H,35,38). The molecular formula is C30H27F3N2O6. The SMILES string of the molecule is COC1=C(OC)C(=O)C(Cc2ccc(OCc3cccnc3)c(C(=O)NC3(C(F)(F)F)C=CC=CC3)c2)=C(C)C1=O. The van der Waals surface area contributed by atoms with Crippen molar-refractivity contribution in [3.63, 3.8) is 0 Å². The predicted molar refractivity (Wildman–Crippen MR) is 142 cm³/mol. The summed E-state index contributed by atoms with van der Waals surface area (Å²) in [6.07, 6.45) is 2.68. The van der Waals surface area contributed by atoms with Gasteiger partial charge < -0.3 is 19.5 Å². The summed E-state index contributed by atoms with van der Waals surface area (Å²) in [5.74, 6) is -2.57. The third-order valence-electron chi connectivity index (χ3n) is 6.79. The number of hydrogen-bond donors (Lipinski definition) is 1. The number of carbonyl (C=O) groups is 3. The van der Waals surface area contributed by atoms with E-state index >= 15 is 0 Å². The molecule has 4 rings (SSSR count). The van der Waals surface area contributed by atoms with Gasteiger partial charge in [0.15, 0.2) is 5.54 Å². The van der Waals surface area contributed by atoms with E-state index in [9.17, 15) is 27.6 Å². The van der Waals surface area contributed by atoms with Crippen LogP contribution < -0.4 is 10.1 Å². The molecule has 8 nitrogen and oxygen atoms in total. The minimum absolute atomic E-state index is 0.000439. The first-order chi connectivity index (χ1) is 19.5. The Morgan fingerprint density at radius 1 is 1.05 bits per heavy atom. The van der Waals surface area contributed by atoms with Gasteiger partial charge in [-0.25, -0.2) is 0 Å². The number of methoxy groups -OCH3 is 2. The summed E-state index contributed by atoms with van der Waals surface area (Å²) in [5, 5.41) is 2.14. The third kappa shape index (κ3) is 5.93. The Labute approximate surface area is 234 Å². The van der Waals surface area contributed by atoms with Crippen LogP contribution in [0.5, 0.6) is 5.75 Å². The van der Waals surface area contributed by atoms with Crippen molar-refractivity contribution in [2.75, 3.05) is 14.2 Å². The molecule has 41 heavy (non-hydrogen) atoms. The minimum Gasteiger partial charge on any atom is -0.489 e. The highest BCUT2D eigenvalue weighted by molar-refractivity contribution is 6.23. The number of alkyl halides is 3. The maximum atomic E-state index is 14.1. The number of hydrogen-bond acceptors (Lipinski definition) is 7. The van der Waals surface area contributed by atoms with Crippen molar-refractivity contribution >= 4 is 17.5 Å². The smallest absolute Gasteiger partial charge is 0.415 e. The van der Waals surface area contributed by atoms with E-state index < -0.39 is 35.6 Å². The molecule has 0 saturated carbocycles. The van der Waals surface area contributed by atoms with Crippen molar-refractivity contribution in [2.24, 2.45) is 0 Å². The van der Waals surface area contributed by atoms with Gasteiger partial charge in [-0.3, -0.25) is 19.4 Å². The third-order valence-corrected chi connectivity index (χ3v) is 6.79. The van der Waals surface area contributed by atoms with Crippen LogP contribution in [0.2, 0.25) is 0 Å². The van der Waals surface area contributed by atoms with Crippen LogP contribution in [-0.2, 0) is 32.1 Å². The summed E-state index contributed by atoms with van der Waals surface area (Å²) in [6, 6.07) is 7.80. The van der Waals surface area contributed by atoms with E-state index in [0.717, 1.165) is 6.08 Å². The number of nitrogens with one attached hydrogen (secondary N) is 1. The predicted octanol–water partition coefficient (Wildman–Crippen LogP) is 4.72. The highest BCUT2D eigenvalue weighted by atomic mass is 19.4. The molecule has 0 saturated heterocycles. The Morgan fingerprint density at radius 3 is 2.39 bits per heavy atom.